The van der Waals surface area contributed by atoms with Crippen LogP contribution in [0.4, 0.5) is 4.79 Å². The summed E-state index contributed by atoms with van der Waals surface area (Å²) < 4.78 is 0. The number of aryl methyl sites for hydroxylation is 1. The minimum Gasteiger partial charge on any atom is -0.394 e. The SMILES string of the molecule is Cc1cccc(C(NC(=O)NC(C)CO)c2ccccn2)c1. The molecule has 2 amide bonds. The van der Waals surface area contributed by atoms with Gasteiger partial charge in [-0.1, -0.05) is 35.9 Å². The van der Waals surface area contributed by atoms with Gasteiger partial charge in [0.1, 0.15) is 0 Å². The Labute approximate surface area is 130 Å². The normalized spacial score (nSPS) is 13.2. The van der Waals surface area contributed by atoms with E-state index in [-0.39, 0.29) is 24.7 Å². The number of amides is 2. The molecule has 0 fully saturated rings. The van der Waals surface area contributed by atoms with Gasteiger partial charge in [-0.25, -0.2) is 4.79 Å². The third-order valence-corrected chi connectivity index (χ3v) is 3.29. The van der Waals surface area contributed by atoms with E-state index in [4.69, 9.17) is 5.11 Å². The predicted octanol–water partition coefficient (Wildman–Crippen LogP) is 2.16. The number of hydrogen-bond acceptors (Lipinski definition) is 3. The summed E-state index contributed by atoms with van der Waals surface area (Å²) in [7, 11) is 0. The first-order chi connectivity index (χ1) is 10.6. The molecule has 0 aliphatic heterocycles. The zero-order valence-corrected chi connectivity index (χ0v) is 12.8. The molecule has 5 heteroatoms. The summed E-state index contributed by atoms with van der Waals surface area (Å²) in [6.45, 7) is 3.64. The Hall–Kier alpha value is -2.40. The standard InChI is InChI=1S/C17H21N3O2/c1-12-6-5-7-14(10-12)16(15-8-3-4-9-18-15)20-17(22)19-13(2)11-21/h3-10,13,16,21H,11H2,1-2H3,(H2,19,20,22). The van der Waals surface area contributed by atoms with Crippen molar-refractivity contribution < 1.29 is 9.90 Å². The molecule has 1 heterocycles. The molecule has 0 saturated heterocycles. The molecule has 0 aliphatic rings. The number of nitrogens with zero attached hydrogens (tertiary/aromatic N) is 1. The number of aliphatic hydroxyl groups is 1. The third-order valence-electron chi connectivity index (χ3n) is 3.29. The van der Waals surface area contributed by atoms with Gasteiger partial charge < -0.3 is 15.7 Å². The predicted molar refractivity (Wildman–Crippen MR) is 85.5 cm³/mol. The van der Waals surface area contributed by atoms with Gasteiger partial charge in [0.05, 0.1) is 24.4 Å². The highest BCUT2D eigenvalue weighted by Crippen LogP contribution is 2.21. The summed E-state index contributed by atoms with van der Waals surface area (Å²) in [5.74, 6) is 0. The highest BCUT2D eigenvalue weighted by atomic mass is 16.3. The van der Waals surface area contributed by atoms with Crippen molar-refractivity contribution in [2.45, 2.75) is 25.9 Å². The van der Waals surface area contributed by atoms with Gasteiger partial charge in [0.15, 0.2) is 0 Å². The Morgan fingerprint density at radius 3 is 2.68 bits per heavy atom. The monoisotopic (exact) mass is 299 g/mol. The van der Waals surface area contributed by atoms with E-state index in [2.05, 4.69) is 15.6 Å². The lowest BCUT2D eigenvalue weighted by Gasteiger charge is -2.21. The summed E-state index contributed by atoms with van der Waals surface area (Å²) in [4.78, 5) is 16.4. The van der Waals surface area contributed by atoms with Crippen LogP contribution >= 0.6 is 0 Å². The maximum atomic E-state index is 12.1. The summed E-state index contributed by atoms with van der Waals surface area (Å²) in [6.07, 6.45) is 1.70. The van der Waals surface area contributed by atoms with Crippen LogP contribution in [0.1, 0.15) is 29.8 Å². The van der Waals surface area contributed by atoms with Gasteiger partial charge in [-0.15, -0.1) is 0 Å². The smallest absolute Gasteiger partial charge is 0.315 e. The number of rotatable bonds is 5. The van der Waals surface area contributed by atoms with E-state index in [1.807, 2.05) is 49.4 Å². The lowest BCUT2D eigenvalue weighted by Crippen LogP contribution is -2.44. The van der Waals surface area contributed by atoms with Gasteiger partial charge in [0.25, 0.3) is 0 Å². The van der Waals surface area contributed by atoms with E-state index in [1.165, 1.54) is 0 Å². The van der Waals surface area contributed by atoms with E-state index in [9.17, 15) is 4.79 Å². The van der Waals surface area contributed by atoms with Gasteiger partial charge in [0, 0.05) is 6.20 Å². The summed E-state index contributed by atoms with van der Waals surface area (Å²) in [5.41, 5.74) is 2.84. The quantitative estimate of drug-likeness (QED) is 0.792. The first-order valence-electron chi connectivity index (χ1n) is 7.25. The third kappa shape index (κ3) is 4.30. The number of carbonyl (C=O) groups is 1. The number of carbonyl (C=O) groups excluding carboxylic acids is 1. The molecule has 22 heavy (non-hydrogen) atoms. The second kappa shape index (κ2) is 7.56. The topological polar surface area (TPSA) is 74.2 Å². The number of aromatic nitrogens is 1. The number of aliphatic hydroxyl groups excluding tert-OH is 1. The van der Waals surface area contributed by atoms with Crippen LogP contribution in [0.5, 0.6) is 0 Å². The van der Waals surface area contributed by atoms with Crippen molar-refractivity contribution in [2.24, 2.45) is 0 Å². The van der Waals surface area contributed by atoms with Gasteiger partial charge >= 0.3 is 6.03 Å². The average Bonchev–Trinajstić information content (AvgIpc) is 2.53. The molecule has 116 valence electrons. The molecule has 2 atom stereocenters. The van der Waals surface area contributed by atoms with Gasteiger partial charge in [-0.2, -0.15) is 0 Å². The molecule has 0 radical (unpaired) electrons. The van der Waals surface area contributed by atoms with Crippen LogP contribution in [0.25, 0.3) is 0 Å². The summed E-state index contributed by atoms with van der Waals surface area (Å²) in [6, 6.07) is 12.6. The second-order valence-electron chi connectivity index (χ2n) is 5.30. The lowest BCUT2D eigenvalue weighted by molar-refractivity contribution is 0.218. The van der Waals surface area contributed by atoms with Crippen molar-refractivity contribution in [3.05, 3.63) is 65.5 Å². The molecule has 0 saturated carbocycles. The largest absolute Gasteiger partial charge is 0.394 e. The minimum absolute atomic E-state index is 0.105. The molecular weight excluding hydrogens is 278 g/mol. The summed E-state index contributed by atoms with van der Waals surface area (Å²) >= 11 is 0. The van der Waals surface area contributed by atoms with Crippen LogP contribution < -0.4 is 10.6 Å². The fourth-order valence-corrected chi connectivity index (χ4v) is 2.17. The van der Waals surface area contributed by atoms with Crippen LogP contribution in [-0.4, -0.2) is 28.8 Å². The number of nitrogens with one attached hydrogen (secondary N) is 2. The van der Waals surface area contributed by atoms with Gasteiger partial charge in [-0.05, 0) is 31.5 Å². The zero-order valence-electron chi connectivity index (χ0n) is 12.8. The molecule has 2 rings (SSSR count). The van der Waals surface area contributed by atoms with Crippen molar-refractivity contribution in [3.63, 3.8) is 0 Å². The first kappa shape index (κ1) is 16.0. The maximum absolute atomic E-state index is 12.1. The van der Waals surface area contributed by atoms with Crippen molar-refractivity contribution in [1.29, 1.82) is 0 Å². The number of urea groups is 1. The average molecular weight is 299 g/mol. The van der Waals surface area contributed by atoms with E-state index in [0.29, 0.717) is 0 Å². The fourth-order valence-electron chi connectivity index (χ4n) is 2.17. The molecule has 0 bridgehead atoms. The molecule has 2 aromatic rings. The van der Waals surface area contributed by atoms with Crippen LogP contribution in [0.3, 0.4) is 0 Å². The summed E-state index contributed by atoms with van der Waals surface area (Å²) in [5, 5.41) is 14.6. The molecule has 5 nitrogen and oxygen atoms in total. The molecule has 3 N–H and O–H groups in total. The van der Waals surface area contributed by atoms with Gasteiger partial charge in [0.2, 0.25) is 0 Å². The Kier molecular flexibility index (Phi) is 5.49. The lowest BCUT2D eigenvalue weighted by atomic mass is 10.0. The minimum atomic E-state index is -0.341. The van der Waals surface area contributed by atoms with Crippen molar-refractivity contribution >= 4 is 6.03 Å². The van der Waals surface area contributed by atoms with Crippen molar-refractivity contribution in [3.8, 4) is 0 Å². The fraction of sp³-hybridized carbons (Fsp3) is 0.294. The van der Waals surface area contributed by atoms with Crippen LogP contribution in [0, 0.1) is 6.92 Å². The Morgan fingerprint density at radius 1 is 1.23 bits per heavy atom. The van der Waals surface area contributed by atoms with Crippen LogP contribution in [0.15, 0.2) is 48.7 Å². The highest BCUT2D eigenvalue weighted by Gasteiger charge is 2.18. The van der Waals surface area contributed by atoms with E-state index in [0.717, 1.165) is 16.8 Å². The molecule has 0 spiro atoms. The highest BCUT2D eigenvalue weighted by molar-refractivity contribution is 5.75. The molecule has 0 aliphatic carbocycles. The Morgan fingerprint density at radius 2 is 2.05 bits per heavy atom. The first-order valence-corrected chi connectivity index (χ1v) is 7.25. The Balaban J connectivity index is 2.25. The zero-order chi connectivity index (χ0) is 15.9. The van der Waals surface area contributed by atoms with Crippen LogP contribution in [-0.2, 0) is 0 Å². The van der Waals surface area contributed by atoms with E-state index in [1.54, 1.807) is 13.1 Å². The molecule has 1 aromatic carbocycles. The van der Waals surface area contributed by atoms with Crippen molar-refractivity contribution in [2.75, 3.05) is 6.61 Å². The molecule has 1 aromatic heterocycles. The molecular formula is C17H21N3O2. The Bertz CT molecular complexity index is 616. The second-order valence-corrected chi connectivity index (χ2v) is 5.30. The van der Waals surface area contributed by atoms with Crippen molar-refractivity contribution in [1.82, 2.24) is 15.6 Å². The number of pyridine rings is 1. The van der Waals surface area contributed by atoms with E-state index < -0.39 is 0 Å². The number of benzene rings is 1. The number of hydrogen-bond donors (Lipinski definition) is 3. The van der Waals surface area contributed by atoms with Gasteiger partial charge in [-0.3, -0.25) is 4.98 Å². The van der Waals surface area contributed by atoms with E-state index >= 15 is 0 Å². The van der Waals surface area contributed by atoms with Crippen LogP contribution in [0.2, 0.25) is 0 Å². The molecule has 2 unspecified atom stereocenters. The maximum Gasteiger partial charge on any atom is 0.315 e.